The Labute approximate surface area is 314 Å². The molecule has 7 rings (SSSR count). The highest BCUT2D eigenvalue weighted by Gasteiger charge is 2.43. The van der Waals surface area contributed by atoms with E-state index in [4.69, 9.17) is 21.3 Å². The summed E-state index contributed by atoms with van der Waals surface area (Å²) < 4.78 is 8.62. The van der Waals surface area contributed by atoms with Gasteiger partial charge >= 0.3 is 0 Å². The number of imide groups is 1. The molecular formula is C37H39ClN10O6. The molecule has 5 aromatic rings. The van der Waals surface area contributed by atoms with Crippen LogP contribution in [0.1, 0.15) is 38.3 Å². The minimum Gasteiger partial charge on any atom is -0.478 e. The second kappa shape index (κ2) is 14.4. The smallest absolute Gasteiger partial charge is 0.293 e. The summed E-state index contributed by atoms with van der Waals surface area (Å²) in [7, 11) is 4.91. The lowest BCUT2D eigenvalue weighted by atomic mass is 9.77. The Balaban J connectivity index is 1.00. The van der Waals surface area contributed by atoms with E-state index >= 15 is 0 Å². The molecule has 2 aliphatic heterocycles. The highest BCUT2D eigenvalue weighted by Crippen LogP contribution is 2.37. The van der Waals surface area contributed by atoms with E-state index in [9.17, 15) is 24.0 Å². The van der Waals surface area contributed by atoms with Crippen LogP contribution in [-0.4, -0.2) is 74.7 Å². The van der Waals surface area contributed by atoms with Gasteiger partial charge in [-0.15, -0.1) is 0 Å². The minimum absolute atomic E-state index is 0.0507. The second-order valence-corrected chi connectivity index (χ2v) is 14.2. The number of aromatic nitrogens is 5. The van der Waals surface area contributed by atoms with E-state index in [-0.39, 0.29) is 53.9 Å². The van der Waals surface area contributed by atoms with Crippen LogP contribution in [0.2, 0.25) is 5.02 Å². The molecule has 0 spiro atoms. The molecule has 3 aromatic heterocycles. The lowest BCUT2D eigenvalue weighted by Gasteiger charge is -2.31. The number of pyridine rings is 1. The number of benzene rings is 2. The van der Waals surface area contributed by atoms with Crippen molar-refractivity contribution in [3.8, 4) is 5.75 Å². The Kier molecular flexibility index (Phi) is 9.70. The maximum Gasteiger partial charge on any atom is 0.293 e. The quantitative estimate of drug-likeness (QED) is 0.161. The van der Waals surface area contributed by atoms with Crippen molar-refractivity contribution in [3.05, 3.63) is 69.7 Å². The fourth-order valence-corrected chi connectivity index (χ4v) is 7.08. The number of likely N-dealkylation sites (N-methyl/N-ethyl adjacent to an activating group) is 1. The molecule has 54 heavy (non-hydrogen) atoms. The summed E-state index contributed by atoms with van der Waals surface area (Å²) in [6.07, 6.45) is 3.31. The zero-order valence-corrected chi connectivity index (χ0v) is 30.9. The molecule has 0 bridgehead atoms. The Hall–Kier alpha value is -6.03. The predicted molar refractivity (Wildman–Crippen MR) is 203 cm³/mol. The molecule has 0 radical (unpaired) electrons. The van der Waals surface area contributed by atoms with Gasteiger partial charge in [-0.2, -0.15) is 10.1 Å². The fraction of sp³-hybridized carbons (Fsp3) is 0.351. The van der Waals surface area contributed by atoms with E-state index in [0.717, 1.165) is 10.9 Å². The number of nitrogens with zero attached hydrogens (tertiary/aromatic N) is 6. The lowest BCUT2D eigenvalue weighted by Crippen LogP contribution is -2.50. The third-order valence-electron chi connectivity index (χ3n) is 10.2. The van der Waals surface area contributed by atoms with Crippen LogP contribution < -0.4 is 36.5 Å². The molecule has 16 nitrogen and oxygen atoms in total. The van der Waals surface area contributed by atoms with Gasteiger partial charge in [-0.3, -0.25) is 34.0 Å². The minimum atomic E-state index is -0.939. The van der Waals surface area contributed by atoms with E-state index in [1.807, 2.05) is 29.2 Å². The van der Waals surface area contributed by atoms with E-state index < -0.39 is 5.41 Å². The summed E-state index contributed by atoms with van der Waals surface area (Å²) in [6, 6.07) is 12.5. The summed E-state index contributed by atoms with van der Waals surface area (Å²) >= 11 is 6.51. The van der Waals surface area contributed by atoms with Gasteiger partial charge in [0.2, 0.25) is 23.7 Å². The number of halogens is 1. The summed E-state index contributed by atoms with van der Waals surface area (Å²) in [5.74, 6) is -0.414. The fourth-order valence-electron chi connectivity index (χ4n) is 6.94. The van der Waals surface area contributed by atoms with Gasteiger partial charge in [0, 0.05) is 68.7 Å². The Morgan fingerprint density at radius 1 is 1.04 bits per heavy atom. The molecule has 1 atom stereocenters. The van der Waals surface area contributed by atoms with Crippen molar-refractivity contribution < 1.29 is 23.9 Å². The number of anilines is 4. The molecule has 2 aromatic carbocycles. The van der Waals surface area contributed by atoms with E-state index in [1.54, 1.807) is 43.9 Å². The van der Waals surface area contributed by atoms with Crippen LogP contribution in [0.3, 0.4) is 0 Å². The number of carbonyl (C=O) groups is 4. The van der Waals surface area contributed by atoms with Crippen LogP contribution >= 0.6 is 11.6 Å². The van der Waals surface area contributed by atoms with Gasteiger partial charge in [0.1, 0.15) is 5.02 Å². The Bertz CT molecular complexity index is 2400. The molecule has 4 amide bonds. The highest BCUT2D eigenvalue weighted by molar-refractivity contribution is 6.33. The maximum atomic E-state index is 13.4. The van der Waals surface area contributed by atoms with E-state index in [2.05, 4.69) is 31.3 Å². The Morgan fingerprint density at radius 3 is 2.54 bits per heavy atom. The topological polar surface area (TPSA) is 194 Å². The average molecular weight is 755 g/mol. The zero-order valence-electron chi connectivity index (χ0n) is 30.2. The molecule has 2 aliphatic rings. The van der Waals surface area contributed by atoms with Gasteiger partial charge in [0.05, 0.1) is 28.3 Å². The molecule has 0 saturated carbocycles. The molecule has 0 aliphatic carbocycles. The van der Waals surface area contributed by atoms with Crippen LogP contribution in [-0.2, 0) is 38.7 Å². The van der Waals surface area contributed by atoms with E-state index in [1.165, 1.54) is 17.8 Å². The Morgan fingerprint density at radius 2 is 1.80 bits per heavy atom. The molecule has 0 unspecified atom stereocenters. The molecule has 17 heteroatoms. The molecule has 4 N–H and O–H groups in total. The maximum absolute atomic E-state index is 13.4. The lowest BCUT2D eigenvalue weighted by molar-refractivity contribution is -0.137. The SMILES string of the molecule is CNC(=O)COc1cc2cc(Nc3nc(N4CCC(C(=O)Nc5ccc6c([C@@]7(C)CCC(=O)NC7=O)nn(C)c6c5)CC4)ncc3Cl)ccc2n(C)c1=O. The molecule has 5 heterocycles. The normalized spacial score (nSPS) is 17.8. The van der Waals surface area contributed by atoms with Crippen molar-refractivity contribution in [2.75, 3.05) is 42.3 Å². The standard InChI is InChI=1S/C37H39ClN10O6/c1-37(12-9-29(49)43-35(37)53)31-24-7-5-23(17-27(24)47(4)45-31)42-33(51)20-10-13-48(14-11-20)36-40-18-25(38)32(44-36)41-22-6-8-26-21(15-22)16-28(34(52)46(26)3)54-19-30(50)39-2/h5-8,15-18,20H,9-14,19H2,1-4H3,(H,39,50)(H,42,51)(H,40,41,44)(H,43,49,53)/t37-/m1/s1. The monoisotopic (exact) mass is 754 g/mol. The van der Waals surface area contributed by atoms with Crippen LogP contribution in [0.4, 0.5) is 23.1 Å². The van der Waals surface area contributed by atoms with Crippen molar-refractivity contribution in [1.29, 1.82) is 0 Å². The second-order valence-electron chi connectivity index (χ2n) is 13.8. The van der Waals surface area contributed by atoms with Crippen molar-refractivity contribution in [2.24, 2.45) is 20.0 Å². The number of ether oxygens (including phenoxy) is 1. The molecular weight excluding hydrogens is 716 g/mol. The number of nitrogens with one attached hydrogen (secondary N) is 4. The van der Waals surface area contributed by atoms with Gasteiger partial charge < -0.3 is 30.2 Å². The third-order valence-corrected chi connectivity index (χ3v) is 10.5. The van der Waals surface area contributed by atoms with Gasteiger partial charge in [0.25, 0.3) is 11.5 Å². The van der Waals surface area contributed by atoms with Crippen molar-refractivity contribution >= 4 is 80.2 Å². The third kappa shape index (κ3) is 6.91. The summed E-state index contributed by atoms with van der Waals surface area (Å²) in [5.41, 5.74) is 2.02. The number of rotatable bonds is 9. The van der Waals surface area contributed by atoms with Gasteiger partial charge in [-0.05, 0) is 68.7 Å². The first kappa shape index (κ1) is 36.3. The van der Waals surface area contributed by atoms with Crippen LogP contribution in [0, 0.1) is 5.92 Å². The number of hydrogen-bond acceptors (Lipinski definition) is 11. The average Bonchev–Trinajstić information content (AvgIpc) is 3.50. The number of piperidine rings is 2. The number of fused-ring (bicyclic) bond motifs is 2. The van der Waals surface area contributed by atoms with Crippen molar-refractivity contribution in [1.82, 2.24) is 34.9 Å². The van der Waals surface area contributed by atoms with Crippen LogP contribution in [0.5, 0.6) is 5.75 Å². The predicted octanol–water partition coefficient (Wildman–Crippen LogP) is 3.29. The molecule has 280 valence electrons. The zero-order chi connectivity index (χ0) is 38.3. The highest BCUT2D eigenvalue weighted by atomic mass is 35.5. The van der Waals surface area contributed by atoms with Gasteiger partial charge in [0.15, 0.2) is 18.2 Å². The summed E-state index contributed by atoms with van der Waals surface area (Å²) in [4.78, 5) is 73.6. The number of hydrogen-bond donors (Lipinski definition) is 4. The first-order valence-electron chi connectivity index (χ1n) is 17.5. The van der Waals surface area contributed by atoms with Crippen LogP contribution in [0.25, 0.3) is 21.8 Å². The van der Waals surface area contributed by atoms with Crippen molar-refractivity contribution in [2.45, 2.75) is 38.0 Å². The van der Waals surface area contributed by atoms with Crippen molar-refractivity contribution in [3.63, 3.8) is 0 Å². The van der Waals surface area contributed by atoms with Gasteiger partial charge in [-0.25, -0.2) is 4.98 Å². The van der Waals surface area contributed by atoms with Crippen LogP contribution in [0.15, 0.2) is 53.5 Å². The van der Waals surface area contributed by atoms with E-state index in [0.29, 0.717) is 77.1 Å². The first-order valence-corrected chi connectivity index (χ1v) is 17.9. The number of aryl methyl sites for hydroxylation is 2. The summed E-state index contributed by atoms with van der Waals surface area (Å²) in [5, 5.41) is 17.7. The van der Waals surface area contributed by atoms with Gasteiger partial charge in [-0.1, -0.05) is 11.6 Å². The number of amides is 4. The molecule has 2 fully saturated rings. The number of carbonyl (C=O) groups excluding carboxylic acids is 4. The molecule has 2 saturated heterocycles. The first-order chi connectivity index (χ1) is 25.8. The summed E-state index contributed by atoms with van der Waals surface area (Å²) in [6.45, 7) is 2.62. The largest absolute Gasteiger partial charge is 0.478 e.